The first-order valence-corrected chi connectivity index (χ1v) is 6.47. The molecule has 6 nitrogen and oxygen atoms in total. The molecule has 0 spiro atoms. The summed E-state index contributed by atoms with van der Waals surface area (Å²) in [6, 6.07) is 0. The minimum Gasteiger partial charge on any atom is -0.469 e. The van der Waals surface area contributed by atoms with Gasteiger partial charge in [0, 0.05) is 13.1 Å². The molecule has 0 amide bonds. The maximum absolute atomic E-state index is 11.6. The maximum atomic E-state index is 11.6. The number of nitrogens with two attached hydrogens (primary N) is 1. The molecule has 0 aromatic carbocycles. The number of hydrogen-bond donors (Lipinski definition) is 1. The third-order valence-corrected chi connectivity index (χ3v) is 3.38. The molecule has 1 atom stereocenters. The number of hydrogen-bond acceptors (Lipinski definition) is 6. The monoisotopic (exact) mass is 280 g/mol. The number of methoxy groups -OCH3 is 1. The number of thiocarbonyl (C=S) groups is 1. The van der Waals surface area contributed by atoms with Crippen LogP contribution in [0.15, 0.2) is 12.4 Å². The van der Waals surface area contributed by atoms with Crippen LogP contribution in [0.5, 0.6) is 0 Å². The van der Waals surface area contributed by atoms with Crippen LogP contribution in [-0.4, -0.2) is 41.1 Å². The number of esters is 1. The van der Waals surface area contributed by atoms with Gasteiger partial charge in [0.05, 0.1) is 25.4 Å². The average Bonchev–Trinajstić information content (AvgIpc) is 2.46. The lowest BCUT2D eigenvalue weighted by atomic mass is 9.98. The Morgan fingerprint density at radius 1 is 1.53 bits per heavy atom. The van der Waals surface area contributed by atoms with Crippen LogP contribution in [0, 0.1) is 5.92 Å². The van der Waals surface area contributed by atoms with Crippen LogP contribution in [0.4, 0.5) is 5.82 Å². The van der Waals surface area contributed by atoms with E-state index in [1.54, 1.807) is 12.4 Å². The van der Waals surface area contributed by atoms with Gasteiger partial charge < -0.3 is 15.4 Å². The van der Waals surface area contributed by atoms with Crippen molar-refractivity contribution >= 4 is 29.0 Å². The topological polar surface area (TPSA) is 81.3 Å². The molecule has 0 bridgehead atoms. The summed E-state index contributed by atoms with van der Waals surface area (Å²) in [5.41, 5.74) is 5.98. The highest BCUT2D eigenvalue weighted by Crippen LogP contribution is 2.21. The highest BCUT2D eigenvalue weighted by atomic mass is 32.1. The van der Waals surface area contributed by atoms with Crippen molar-refractivity contribution in [3.8, 4) is 0 Å². The molecular weight excluding hydrogens is 264 g/mol. The summed E-state index contributed by atoms with van der Waals surface area (Å²) in [7, 11) is 1.41. The molecule has 2 N–H and O–H groups in total. The van der Waals surface area contributed by atoms with Gasteiger partial charge in [0.25, 0.3) is 0 Å². The first kappa shape index (κ1) is 13.7. The summed E-state index contributed by atoms with van der Waals surface area (Å²) in [6.45, 7) is 1.46. The van der Waals surface area contributed by atoms with Crippen LogP contribution in [-0.2, 0) is 9.53 Å². The number of aromatic nitrogens is 2. The van der Waals surface area contributed by atoms with E-state index in [4.69, 9.17) is 22.7 Å². The molecule has 1 aromatic rings. The van der Waals surface area contributed by atoms with E-state index in [1.165, 1.54) is 7.11 Å². The predicted octanol–water partition coefficient (Wildman–Crippen LogP) is 0.500. The summed E-state index contributed by atoms with van der Waals surface area (Å²) < 4.78 is 4.79. The van der Waals surface area contributed by atoms with E-state index in [-0.39, 0.29) is 16.9 Å². The van der Waals surface area contributed by atoms with Crippen LogP contribution >= 0.6 is 12.2 Å². The zero-order valence-electron chi connectivity index (χ0n) is 10.7. The summed E-state index contributed by atoms with van der Waals surface area (Å²) in [5, 5.41) is 0. The Morgan fingerprint density at radius 2 is 2.32 bits per heavy atom. The summed E-state index contributed by atoms with van der Waals surface area (Å²) in [6.07, 6.45) is 4.97. The Hall–Kier alpha value is -1.76. The first-order chi connectivity index (χ1) is 9.11. The van der Waals surface area contributed by atoms with E-state index < -0.39 is 0 Å². The standard InChI is InChI=1S/C12H16N4O2S/c1-18-12(17)8-3-2-4-16(7-8)10-6-14-9(5-15-10)11(13)19/h5-6,8H,2-4,7H2,1H3,(H2,13,19). The molecule has 1 aliphatic rings. The zero-order valence-corrected chi connectivity index (χ0v) is 11.5. The van der Waals surface area contributed by atoms with E-state index >= 15 is 0 Å². The number of piperidine rings is 1. The molecule has 102 valence electrons. The van der Waals surface area contributed by atoms with Gasteiger partial charge >= 0.3 is 5.97 Å². The van der Waals surface area contributed by atoms with E-state index in [2.05, 4.69) is 9.97 Å². The van der Waals surface area contributed by atoms with Crippen molar-refractivity contribution in [1.29, 1.82) is 0 Å². The number of anilines is 1. The molecule has 0 saturated carbocycles. The summed E-state index contributed by atoms with van der Waals surface area (Å²) >= 11 is 4.83. The predicted molar refractivity (Wildman–Crippen MR) is 74.9 cm³/mol. The fraction of sp³-hybridized carbons (Fsp3) is 0.500. The van der Waals surface area contributed by atoms with Gasteiger partial charge in [0.1, 0.15) is 16.5 Å². The fourth-order valence-electron chi connectivity index (χ4n) is 2.16. The molecule has 1 aliphatic heterocycles. The SMILES string of the molecule is COC(=O)C1CCCN(c2cnc(C(N)=S)cn2)C1. The Labute approximate surface area is 117 Å². The highest BCUT2D eigenvalue weighted by molar-refractivity contribution is 7.80. The van der Waals surface area contributed by atoms with Crippen molar-refractivity contribution in [2.24, 2.45) is 11.7 Å². The van der Waals surface area contributed by atoms with Crippen molar-refractivity contribution in [3.05, 3.63) is 18.1 Å². The van der Waals surface area contributed by atoms with Gasteiger partial charge in [-0.1, -0.05) is 12.2 Å². The smallest absolute Gasteiger partial charge is 0.310 e. The van der Waals surface area contributed by atoms with Crippen LogP contribution < -0.4 is 10.6 Å². The largest absolute Gasteiger partial charge is 0.469 e. The second-order valence-corrected chi connectivity index (χ2v) is 4.87. The molecule has 1 fully saturated rings. The lowest BCUT2D eigenvalue weighted by Gasteiger charge is -2.31. The Kier molecular flexibility index (Phi) is 4.26. The third kappa shape index (κ3) is 3.17. The van der Waals surface area contributed by atoms with Gasteiger partial charge in [-0.25, -0.2) is 9.97 Å². The number of rotatable bonds is 3. The van der Waals surface area contributed by atoms with Crippen molar-refractivity contribution in [2.75, 3.05) is 25.1 Å². The van der Waals surface area contributed by atoms with Gasteiger partial charge in [-0.3, -0.25) is 4.79 Å². The number of ether oxygens (including phenoxy) is 1. The van der Waals surface area contributed by atoms with Crippen molar-refractivity contribution < 1.29 is 9.53 Å². The van der Waals surface area contributed by atoms with E-state index in [9.17, 15) is 4.79 Å². The van der Waals surface area contributed by atoms with Gasteiger partial charge in [0.15, 0.2) is 0 Å². The molecule has 0 aliphatic carbocycles. The maximum Gasteiger partial charge on any atom is 0.310 e. The van der Waals surface area contributed by atoms with Crippen LogP contribution in [0.2, 0.25) is 0 Å². The fourth-order valence-corrected chi connectivity index (χ4v) is 2.26. The van der Waals surface area contributed by atoms with Crippen molar-refractivity contribution in [1.82, 2.24) is 9.97 Å². The van der Waals surface area contributed by atoms with Crippen molar-refractivity contribution in [2.45, 2.75) is 12.8 Å². The van der Waals surface area contributed by atoms with E-state index in [1.807, 2.05) is 4.90 Å². The third-order valence-electron chi connectivity index (χ3n) is 3.17. The molecule has 1 unspecified atom stereocenters. The Morgan fingerprint density at radius 3 is 2.89 bits per heavy atom. The second-order valence-electron chi connectivity index (χ2n) is 4.43. The molecule has 2 rings (SSSR count). The van der Waals surface area contributed by atoms with Crippen LogP contribution in [0.3, 0.4) is 0 Å². The minimum absolute atomic E-state index is 0.101. The molecule has 0 radical (unpaired) electrons. The Bertz CT molecular complexity index is 477. The lowest BCUT2D eigenvalue weighted by molar-refractivity contribution is -0.145. The lowest BCUT2D eigenvalue weighted by Crippen LogP contribution is -2.39. The quantitative estimate of drug-likeness (QED) is 0.637. The normalized spacial score (nSPS) is 19.0. The van der Waals surface area contributed by atoms with Gasteiger partial charge in [-0.15, -0.1) is 0 Å². The van der Waals surface area contributed by atoms with Crippen LogP contribution in [0.1, 0.15) is 18.5 Å². The van der Waals surface area contributed by atoms with E-state index in [0.717, 1.165) is 25.2 Å². The molecule has 1 aromatic heterocycles. The molecule has 1 saturated heterocycles. The molecular formula is C12H16N4O2S. The van der Waals surface area contributed by atoms with E-state index in [0.29, 0.717) is 12.2 Å². The van der Waals surface area contributed by atoms with Crippen LogP contribution in [0.25, 0.3) is 0 Å². The van der Waals surface area contributed by atoms with Crippen molar-refractivity contribution in [3.63, 3.8) is 0 Å². The summed E-state index contributed by atoms with van der Waals surface area (Å²) in [5.74, 6) is 0.460. The average molecular weight is 280 g/mol. The number of nitrogens with zero attached hydrogens (tertiary/aromatic N) is 3. The first-order valence-electron chi connectivity index (χ1n) is 6.06. The highest BCUT2D eigenvalue weighted by Gasteiger charge is 2.27. The number of carbonyl (C=O) groups excluding carboxylic acids is 1. The zero-order chi connectivity index (χ0) is 13.8. The van der Waals surface area contributed by atoms with Gasteiger partial charge in [-0.2, -0.15) is 0 Å². The van der Waals surface area contributed by atoms with Gasteiger partial charge in [0.2, 0.25) is 0 Å². The molecule has 2 heterocycles. The number of carbonyl (C=O) groups is 1. The minimum atomic E-state index is -0.169. The Balaban J connectivity index is 2.08. The molecule has 7 heteroatoms. The summed E-state index contributed by atoms with van der Waals surface area (Å²) in [4.78, 5) is 22.3. The second kappa shape index (κ2) is 5.92. The molecule has 19 heavy (non-hydrogen) atoms. The van der Waals surface area contributed by atoms with Gasteiger partial charge in [-0.05, 0) is 12.8 Å².